The summed E-state index contributed by atoms with van der Waals surface area (Å²) in [6.07, 6.45) is 10.8. The number of terminal acetylenes is 1. The second-order valence-electron chi connectivity index (χ2n) is 6.28. The van der Waals surface area contributed by atoms with Crippen molar-refractivity contribution in [3.63, 3.8) is 0 Å². The topological polar surface area (TPSA) is 65.5 Å². The molecule has 2 rings (SSSR count). The highest BCUT2D eigenvalue weighted by Gasteiger charge is 2.20. The fraction of sp³-hybridized carbons (Fsp3) is 0.500. The van der Waals surface area contributed by atoms with Gasteiger partial charge in [-0.3, -0.25) is 4.79 Å². The zero-order valence-corrected chi connectivity index (χ0v) is 15.0. The smallest absolute Gasteiger partial charge is 0.227 e. The van der Waals surface area contributed by atoms with Crippen LogP contribution in [0.1, 0.15) is 44.6 Å². The molecule has 0 bridgehead atoms. The number of nitrogens with zero attached hydrogens (tertiary/aromatic N) is 1. The molecule has 25 heavy (non-hydrogen) atoms. The predicted octanol–water partition coefficient (Wildman–Crippen LogP) is 2.89. The third-order valence-corrected chi connectivity index (χ3v) is 4.29. The highest BCUT2D eigenvalue weighted by Crippen LogP contribution is 2.25. The van der Waals surface area contributed by atoms with E-state index in [1.165, 1.54) is 6.42 Å². The molecule has 5 nitrogen and oxygen atoms in total. The highest BCUT2D eigenvalue weighted by molar-refractivity contribution is 5.92. The lowest BCUT2D eigenvalue weighted by atomic mass is 9.88. The average molecular weight is 340 g/mol. The SMILES string of the molecule is C#CCNC(=NCc1cccc(NC(=O)C2CCCCC2)c1)NCC. The van der Waals surface area contributed by atoms with E-state index in [2.05, 4.69) is 26.9 Å². The molecule has 134 valence electrons. The van der Waals surface area contributed by atoms with Gasteiger partial charge in [-0.1, -0.05) is 37.3 Å². The molecule has 0 unspecified atom stereocenters. The van der Waals surface area contributed by atoms with Crippen molar-refractivity contribution in [2.24, 2.45) is 10.9 Å². The van der Waals surface area contributed by atoms with Crippen LogP contribution in [0.25, 0.3) is 0 Å². The van der Waals surface area contributed by atoms with E-state index in [9.17, 15) is 4.79 Å². The molecule has 0 spiro atoms. The number of nitrogens with one attached hydrogen (secondary N) is 3. The molecule has 1 aromatic carbocycles. The van der Waals surface area contributed by atoms with Crippen molar-refractivity contribution in [3.8, 4) is 12.3 Å². The van der Waals surface area contributed by atoms with Gasteiger partial charge < -0.3 is 16.0 Å². The standard InChI is InChI=1S/C20H28N4O/c1-3-13-22-20(21-4-2)23-15-16-9-8-12-18(14-16)24-19(25)17-10-6-5-7-11-17/h1,8-9,12,14,17H,4-7,10-11,13,15H2,2H3,(H,24,25)(H2,21,22,23). The number of guanidine groups is 1. The predicted molar refractivity (Wildman–Crippen MR) is 103 cm³/mol. The molecule has 0 aliphatic heterocycles. The van der Waals surface area contributed by atoms with Gasteiger partial charge in [-0.05, 0) is 37.5 Å². The van der Waals surface area contributed by atoms with Crippen LogP contribution < -0.4 is 16.0 Å². The second kappa shape index (κ2) is 10.4. The number of carbonyl (C=O) groups is 1. The van der Waals surface area contributed by atoms with E-state index in [1.807, 2.05) is 31.2 Å². The monoisotopic (exact) mass is 340 g/mol. The number of amides is 1. The number of hydrogen-bond acceptors (Lipinski definition) is 2. The summed E-state index contributed by atoms with van der Waals surface area (Å²) in [6, 6.07) is 7.86. The quantitative estimate of drug-likeness (QED) is 0.424. The van der Waals surface area contributed by atoms with Crippen LogP contribution in [0.4, 0.5) is 5.69 Å². The van der Waals surface area contributed by atoms with Gasteiger partial charge in [0.15, 0.2) is 5.96 Å². The molecular formula is C20H28N4O. The number of carbonyl (C=O) groups excluding carboxylic acids is 1. The third kappa shape index (κ3) is 6.50. The lowest BCUT2D eigenvalue weighted by Gasteiger charge is -2.20. The van der Waals surface area contributed by atoms with Crippen LogP contribution in [0.5, 0.6) is 0 Å². The van der Waals surface area contributed by atoms with Gasteiger partial charge in [0.2, 0.25) is 5.91 Å². The first-order valence-electron chi connectivity index (χ1n) is 9.08. The van der Waals surface area contributed by atoms with Crippen LogP contribution in [-0.2, 0) is 11.3 Å². The lowest BCUT2D eigenvalue weighted by molar-refractivity contribution is -0.120. The van der Waals surface area contributed by atoms with E-state index in [1.54, 1.807) is 0 Å². The Morgan fingerprint density at radius 2 is 2.08 bits per heavy atom. The average Bonchev–Trinajstić information content (AvgIpc) is 2.65. The van der Waals surface area contributed by atoms with Gasteiger partial charge in [0, 0.05) is 18.2 Å². The Morgan fingerprint density at radius 3 is 2.80 bits per heavy atom. The second-order valence-corrected chi connectivity index (χ2v) is 6.28. The van der Waals surface area contributed by atoms with E-state index in [4.69, 9.17) is 6.42 Å². The number of hydrogen-bond donors (Lipinski definition) is 3. The van der Waals surface area contributed by atoms with Gasteiger partial charge >= 0.3 is 0 Å². The Morgan fingerprint density at radius 1 is 1.28 bits per heavy atom. The molecule has 0 saturated heterocycles. The van der Waals surface area contributed by atoms with Gasteiger partial charge in [-0.2, -0.15) is 0 Å². The molecule has 0 atom stereocenters. The minimum Gasteiger partial charge on any atom is -0.357 e. The van der Waals surface area contributed by atoms with Gasteiger partial charge in [-0.15, -0.1) is 6.42 Å². The van der Waals surface area contributed by atoms with E-state index >= 15 is 0 Å². The summed E-state index contributed by atoms with van der Waals surface area (Å²) in [5.74, 6) is 3.53. The number of anilines is 1. The van der Waals surface area contributed by atoms with Gasteiger partial charge in [-0.25, -0.2) is 4.99 Å². The van der Waals surface area contributed by atoms with E-state index < -0.39 is 0 Å². The third-order valence-electron chi connectivity index (χ3n) is 4.29. The first-order chi connectivity index (χ1) is 12.2. The molecule has 1 aliphatic rings. The lowest BCUT2D eigenvalue weighted by Crippen LogP contribution is -2.37. The van der Waals surface area contributed by atoms with Crippen molar-refractivity contribution in [1.82, 2.24) is 10.6 Å². The first-order valence-corrected chi connectivity index (χ1v) is 9.08. The van der Waals surface area contributed by atoms with E-state index in [0.29, 0.717) is 19.0 Å². The first kappa shape index (κ1) is 18.9. The van der Waals surface area contributed by atoms with Crippen LogP contribution >= 0.6 is 0 Å². The molecule has 0 aromatic heterocycles. The fourth-order valence-corrected chi connectivity index (χ4v) is 3.00. The summed E-state index contributed by atoms with van der Waals surface area (Å²) >= 11 is 0. The van der Waals surface area contributed by atoms with Gasteiger partial charge in [0.25, 0.3) is 0 Å². The minimum atomic E-state index is 0.143. The molecule has 3 N–H and O–H groups in total. The van der Waals surface area contributed by atoms with Crippen molar-refractivity contribution >= 4 is 17.6 Å². The molecule has 0 heterocycles. The summed E-state index contributed by atoms with van der Waals surface area (Å²) in [4.78, 5) is 16.9. The fourth-order valence-electron chi connectivity index (χ4n) is 3.00. The van der Waals surface area contributed by atoms with E-state index in [0.717, 1.165) is 43.5 Å². The Labute approximate surface area is 150 Å². The zero-order valence-electron chi connectivity index (χ0n) is 15.0. The summed E-state index contributed by atoms with van der Waals surface area (Å²) < 4.78 is 0. The van der Waals surface area contributed by atoms with Crippen LogP contribution in [0, 0.1) is 18.3 Å². The molecule has 1 aliphatic carbocycles. The molecule has 1 saturated carbocycles. The molecule has 1 fully saturated rings. The van der Waals surface area contributed by atoms with Gasteiger partial charge in [0.05, 0.1) is 13.1 Å². The Kier molecular flexibility index (Phi) is 7.84. The maximum atomic E-state index is 12.4. The van der Waals surface area contributed by atoms with Crippen molar-refractivity contribution in [2.75, 3.05) is 18.4 Å². The van der Waals surface area contributed by atoms with Crippen molar-refractivity contribution in [1.29, 1.82) is 0 Å². The number of benzene rings is 1. The van der Waals surface area contributed by atoms with Gasteiger partial charge in [0.1, 0.15) is 0 Å². The molecule has 1 aromatic rings. The van der Waals surface area contributed by atoms with Crippen LogP contribution in [-0.4, -0.2) is 25.0 Å². The largest absolute Gasteiger partial charge is 0.357 e. The van der Waals surface area contributed by atoms with Crippen molar-refractivity contribution in [3.05, 3.63) is 29.8 Å². The Bertz CT molecular complexity index is 627. The zero-order chi connectivity index (χ0) is 17.9. The minimum absolute atomic E-state index is 0.143. The van der Waals surface area contributed by atoms with Crippen LogP contribution in [0.2, 0.25) is 0 Å². The summed E-state index contributed by atoms with van der Waals surface area (Å²) in [7, 11) is 0. The maximum Gasteiger partial charge on any atom is 0.227 e. The van der Waals surface area contributed by atoms with Crippen molar-refractivity contribution in [2.45, 2.75) is 45.6 Å². The number of aliphatic imine (C=N–C) groups is 1. The molecule has 1 amide bonds. The highest BCUT2D eigenvalue weighted by atomic mass is 16.1. The summed E-state index contributed by atoms with van der Waals surface area (Å²) in [5.41, 5.74) is 1.88. The van der Waals surface area contributed by atoms with Crippen molar-refractivity contribution < 1.29 is 4.79 Å². The van der Waals surface area contributed by atoms with Crippen LogP contribution in [0.3, 0.4) is 0 Å². The molecule has 0 radical (unpaired) electrons. The molecule has 5 heteroatoms. The molecular weight excluding hydrogens is 312 g/mol. The Balaban J connectivity index is 1.95. The number of rotatable bonds is 6. The summed E-state index contributed by atoms with van der Waals surface area (Å²) in [6.45, 7) is 3.73. The normalized spacial score (nSPS) is 15.3. The van der Waals surface area contributed by atoms with E-state index in [-0.39, 0.29) is 11.8 Å². The maximum absolute atomic E-state index is 12.4. The van der Waals surface area contributed by atoms with Crippen LogP contribution in [0.15, 0.2) is 29.3 Å². The summed E-state index contributed by atoms with van der Waals surface area (Å²) in [5, 5.41) is 9.27. The Hall–Kier alpha value is -2.48.